The van der Waals surface area contributed by atoms with Crippen molar-refractivity contribution < 1.29 is 30.9 Å². The van der Waals surface area contributed by atoms with Gasteiger partial charge in [-0.1, -0.05) is 0 Å². The number of nitrogens with two attached hydrogens (primary N) is 1. The van der Waals surface area contributed by atoms with Crippen LogP contribution in [0, 0.1) is 6.92 Å². The highest BCUT2D eigenvalue weighted by molar-refractivity contribution is 5.42. The number of rotatable bonds is 2. The van der Waals surface area contributed by atoms with Crippen LogP contribution in [0.25, 0.3) is 0 Å². The third-order valence-corrected chi connectivity index (χ3v) is 3.11. The highest BCUT2D eigenvalue weighted by Gasteiger charge is 2.44. The topological polar surface area (TPSA) is 60.6 Å². The van der Waals surface area contributed by atoms with E-state index in [1.54, 1.807) is 6.92 Å². The van der Waals surface area contributed by atoms with E-state index < -0.39 is 30.5 Å². The van der Waals surface area contributed by atoms with E-state index in [-0.39, 0.29) is 4.68 Å². The fraction of sp³-hybridized carbons (Fsp3) is 0.417. The Hall–Kier alpha value is -2.33. The molecule has 0 saturated heterocycles. The average Bonchev–Trinajstić information content (AvgIpc) is 2.79. The van der Waals surface area contributed by atoms with Gasteiger partial charge in [0.25, 0.3) is 5.82 Å². The Bertz CT molecular complexity index is 731. The van der Waals surface area contributed by atoms with Crippen molar-refractivity contribution in [1.82, 2.24) is 14.8 Å². The Morgan fingerprint density at radius 3 is 2.30 bits per heavy atom. The van der Waals surface area contributed by atoms with Crippen LogP contribution in [0.1, 0.15) is 22.9 Å². The zero-order valence-corrected chi connectivity index (χ0v) is 12.0. The van der Waals surface area contributed by atoms with E-state index in [1.807, 2.05) is 0 Å². The standard InChI is InChI=1S/C12H12F6N5/c1-6-3-7(22(2)5-8(6)19)4-23-10(12(16,17)18)20-9(21-23)11(13,14)15/h3,5H,4,19H2,1-2H3/q+1. The molecular formula is C12H12F6N5+. The molecule has 0 atom stereocenters. The van der Waals surface area contributed by atoms with Gasteiger partial charge in [-0.25, -0.2) is 9.25 Å². The third-order valence-electron chi connectivity index (χ3n) is 3.11. The van der Waals surface area contributed by atoms with Gasteiger partial charge in [0.1, 0.15) is 13.6 Å². The highest BCUT2D eigenvalue weighted by atomic mass is 19.4. The van der Waals surface area contributed by atoms with E-state index in [2.05, 4.69) is 10.1 Å². The van der Waals surface area contributed by atoms with Gasteiger partial charge in [0.15, 0.2) is 6.20 Å². The first-order chi connectivity index (χ1) is 10.4. The number of aromatic nitrogens is 4. The summed E-state index contributed by atoms with van der Waals surface area (Å²) in [5.41, 5.74) is 6.94. The summed E-state index contributed by atoms with van der Waals surface area (Å²) in [5.74, 6) is -3.54. The second-order valence-electron chi connectivity index (χ2n) is 4.93. The average molecular weight is 340 g/mol. The van der Waals surface area contributed by atoms with E-state index in [4.69, 9.17) is 5.73 Å². The normalized spacial score (nSPS) is 12.7. The lowest BCUT2D eigenvalue weighted by Crippen LogP contribution is -2.36. The Kier molecular flexibility index (Phi) is 3.99. The van der Waals surface area contributed by atoms with Crippen LogP contribution in [0.5, 0.6) is 0 Å². The van der Waals surface area contributed by atoms with Crippen LogP contribution in [-0.4, -0.2) is 14.8 Å². The number of nitrogen functional groups attached to an aromatic ring is 1. The fourth-order valence-corrected chi connectivity index (χ4v) is 1.92. The SMILES string of the molecule is Cc1cc(Cn2nc(C(F)(F)F)nc2C(F)(F)F)[n+](C)cc1N. The van der Waals surface area contributed by atoms with Crippen molar-refractivity contribution in [3.8, 4) is 0 Å². The predicted molar refractivity (Wildman–Crippen MR) is 65.9 cm³/mol. The molecular weight excluding hydrogens is 328 g/mol. The molecule has 0 saturated carbocycles. The molecule has 2 aromatic rings. The predicted octanol–water partition coefficient (Wildman–Crippen LogP) is 2.08. The molecule has 0 unspecified atom stereocenters. The molecule has 2 heterocycles. The third kappa shape index (κ3) is 3.54. The minimum atomic E-state index is -5.07. The summed E-state index contributed by atoms with van der Waals surface area (Å²) in [6, 6.07) is 1.48. The summed E-state index contributed by atoms with van der Waals surface area (Å²) in [7, 11) is 1.51. The van der Waals surface area contributed by atoms with E-state index in [1.165, 1.54) is 23.9 Å². The first kappa shape index (κ1) is 17.0. The minimum Gasteiger partial charge on any atom is -0.394 e. The van der Waals surface area contributed by atoms with E-state index >= 15 is 0 Å². The lowest BCUT2D eigenvalue weighted by Gasteiger charge is -2.08. The van der Waals surface area contributed by atoms with Crippen LogP contribution >= 0.6 is 0 Å². The molecule has 0 bridgehead atoms. The number of pyridine rings is 1. The monoisotopic (exact) mass is 340 g/mol. The number of anilines is 1. The highest BCUT2D eigenvalue weighted by Crippen LogP contribution is 2.32. The molecule has 0 amide bonds. The molecule has 0 aliphatic heterocycles. The zero-order valence-electron chi connectivity index (χ0n) is 12.0. The van der Waals surface area contributed by atoms with Gasteiger partial charge in [0.05, 0.1) is 5.69 Å². The van der Waals surface area contributed by atoms with Gasteiger partial charge < -0.3 is 5.73 Å². The molecule has 2 rings (SSSR count). The quantitative estimate of drug-likeness (QED) is 0.673. The molecule has 0 fully saturated rings. The largest absolute Gasteiger partial charge is 0.453 e. The first-order valence-electron chi connectivity index (χ1n) is 6.23. The van der Waals surface area contributed by atoms with Gasteiger partial charge in [-0.3, -0.25) is 0 Å². The van der Waals surface area contributed by atoms with Crippen LogP contribution in [0.4, 0.5) is 32.0 Å². The summed E-state index contributed by atoms with van der Waals surface area (Å²) < 4.78 is 78.0. The molecule has 5 nitrogen and oxygen atoms in total. The Balaban J connectivity index is 2.51. The zero-order chi connectivity index (χ0) is 17.6. The second kappa shape index (κ2) is 5.39. The molecule has 0 aromatic carbocycles. The van der Waals surface area contributed by atoms with E-state index in [0.29, 0.717) is 16.9 Å². The number of aryl methyl sites for hydroxylation is 2. The van der Waals surface area contributed by atoms with Gasteiger partial charge in [-0.15, -0.1) is 5.10 Å². The summed E-state index contributed by atoms with van der Waals surface area (Å²) in [6.45, 7) is 1.10. The van der Waals surface area contributed by atoms with Crippen molar-refractivity contribution in [1.29, 1.82) is 0 Å². The van der Waals surface area contributed by atoms with Crippen LogP contribution in [-0.2, 0) is 25.9 Å². The van der Waals surface area contributed by atoms with Gasteiger partial charge in [0.2, 0.25) is 11.5 Å². The van der Waals surface area contributed by atoms with Crippen LogP contribution in [0.3, 0.4) is 0 Å². The van der Waals surface area contributed by atoms with Crippen molar-refractivity contribution in [3.05, 3.63) is 35.2 Å². The molecule has 2 N–H and O–H groups in total. The number of nitrogens with zero attached hydrogens (tertiary/aromatic N) is 4. The van der Waals surface area contributed by atoms with Crippen LogP contribution < -0.4 is 10.3 Å². The summed E-state index contributed by atoms with van der Waals surface area (Å²) in [6.07, 6.45) is -8.66. The van der Waals surface area contributed by atoms with Gasteiger partial charge >= 0.3 is 12.4 Å². The maximum atomic E-state index is 12.9. The summed E-state index contributed by atoms with van der Waals surface area (Å²) in [4.78, 5) is 2.59. The molecule has 11 heteroatoms. The number of alkyl halides is 6. The Morgan fingerprint density at radius 1 is 1.17 bits per heavy atom. The molecule has 0 radical (unpaired) electrons. The lowest BCUT2D eigenvalue weighted by atomic mass is 10.2. The maximum absolute atomic E-state index is 12.9. The van der Waals surface area contributed by atoms with Crippen molar-refractivity contribution in [2.75, 3.05) is 5.73 Å². The van der Waals surface area contributed by atoms with Gasteiger partial charge in [0, 0.05) is 6.07 Å². The second-order valence-corrected chi connectivity index (χ2v) is 4.93. The summed E-state index contributed by atoms with van der Waals surface area (Å²) >= 11 is 0. The number of hydrogen-bond acceptors (Lipinski definition) is 3. The maximum Gasteiger partial charge on any atom is 0.453 e. The van der Waals surface area contributed by atoms with Crippen molar-refractivity contribution in [3.63, 3.8) is 0 Å². The first-order valence-corrected chi connectivity index (χ1v) is 6.23. The van der Waals surface area contributed by atoms with Crippen molar-refractivity contribution >= 4 is 5.69 Å². The molecule has 2 aromatic heterocycles. The molecule has 0 spiro atoms. The molecule has 0 aliphatic rings. The van der Waals surface area contributed by atoms with Gasteiger partial charge in [-0.2, -0.15) is 31.3 Å². The van der Waals surface area contributed by atoms with E-state index in [0.717, 1.165) is 0 Å². The number of halogens is 6. The Morgan fingerprint density at radius 2 is 1.78 bits per heavy atom. The molecule has 0 aliphatic carbocycles. The minimum absolute atomic E-state index is 0.188. The van der Waals surface area contributed by atoms with Gasteiger partial charge in [-0.05, 0) is 12.5 Å². The lowest BCUT2D eigenvalue weighted by molar-refractivity contribution is -0.678. The molecule has 126 valence electrons. The Labute approximate surface area is 126 Å². The van der Waals surface area contributed by atoms with Crippen LogP contribution in [0.15, 0.2) is 12.3 Å². The van der Waals surface area contributed by atoms with Crippen molar-refractivity contribution in [2.24, 2.45) is 7.05 Å². The smallest absolute Gasteiger partial charge is 0.394 e. The number of hydrogen-bond donors (Lipinski definition) is 1. The summed E-state index contributed by atoms with van der Waals surface area (Å²) in [5, 5.41) is 2.95. The molecule has 23 heavy (non-hydrogen) atoms. The van der Waals surface area contributed by atoms with Crippen molar-refractivity contribution in [2.45, 2.75) is 25.8 Å². The van der Waals surface area contributed by atoms with E-state index in [9.17, 15) is 26.3 Å². The fourth-order valence-electron chi connectivity index (χ4n) is 1.92. The van der Waals surface area contributed by atoms with Crippen LogP contribution in [0.2, 0.25) is 0 Å².